The van der Waals surface area contributed by atoms with Crippen LogP contribution in [0.1, 0.15) is 25.7 Å². The predicted octanol–water partition coefficient (Wildman–Crippen LogP) is 0.393. The lowest BCUT2D eigenvalue weighted by molar-refractivity contribution is 0.101. The average Bonchev–Trinajstić information content (AvgIpc) is 3.10. The third kappa shape index (κ3) is 2.42. The van der Waals surface area contributed by atoms with Crippen molar-refractivity contribution < 1.29 is 4.74 Å². The van der Waals surface area contributed by atoms with Crippen LogP contribution in [0.25, 0.3) is 11.2 Å². The fraction of sp³-hybridized carbons (Fsp3) is 0.643. The van der Waals surface area contributed by atoms with E-state index in [4.69, 9.17) is 4.74 Å². The summed E-state index contributed by atoms with van der Waals surface area (Å²) in [4.78, 5) is 28.9. The van der Waals surface area contributed by atoms with Crippen molar-refractivity contribution in [1.82, 2.24) is 18.7 Å². The zero-order valence-electron chi connectivity index (χ0n) is 12.4. The summed E-state index contributed by atoms with van der Waals surface area (Å²) in [5, 5.41) is 0. The summed E-state index contributed by atoms with van der Waals surface area (Å²) < 4.78 is 9.97. The first-order valence-corrected chi connectivity index (χ1v) is 7.32. The molecule has 114 valence electrons. The number of aromatic nitrogens is 4. The lowest BCUT2D eigenvalue weighted by Gasteiger charge is -2.11. The number of aryl methyl sites for hydroxylation is 2. The van der Waals surface area contributed by atoms with Crippen molar-refractivity contribution in [3.63, 3.8) is 0 Å². The number of ether oxygens (including phenoxy) is 1. The van der Waals surface area contributed by atoms with E-state index in [1.807, 2.05) is 0 Å². The molecule has 0 spiro atoms. The van der Waals surface area contributed by atoms with Crippen LogP contribution in [0.2, 0.25) is 0 Å². The lowest BCUT2D eigenvalue weighted by Crippen LogP contribution is -2.39. The maximum absolute atomic E-state index is 12.5. The van der Waals surface area contributed by atoms with Crippen molar-refractivity contribution in [1.29, 1.82) is 0 Å². The summed E-state index contributed by atoms with van der Waals surface area (Å²) in [6.07, 6.45) is 5.68. The van der Waals surface area contributed by atoms with Crippen LogP contribution in [-0.2, 0) is 25.4 Å². The Labute approximate surface area is 121 Å². The summed E-state index contributed by atoms with van der Waals surface area (Å²) in [5.74, 6) is 0. The van der Waals surface area contributed by atoms with E-state index in [0.29, 0.717) is 17.7 Å². The SMILES string of the molecule is Cn1cnc2c1c(=O)n(CCCC1CCCO1)c(=O)n2C. The van der Waals surface area contributed by atoms with E-state index in [0.717, 1.165) is 32.3 Å². The minimum atomic E-state index is -0.307. The Morgan fingerprint density at radius 3 is 2.90 bits per heavy atom. The number of nitrogens with zero attached hydrogens (tertiary/aromatic N) is 4. The van der Waals surface area contributed by atoms with Gasteiger partial charge in [0.05, 0.1) is 12.4 Å². The summed E-state index contributed by atoms with van der Waals surface area (Å²) in [7, 11) is 3.41. The molecule has 1 aliphatic heterocycles. The summed E-state index contributed by atoms with van der Waals surface area (Å²) >= 11 is 0. The molecule has 1 atom stereocenters. The fourth-order valence-electron chi connectivity index (χ4n) is 2.94. The molecule has 1 saturated heterocycles. The Hall–Kier alpha value is -1.89. The van der Waals surface area contributed by atoms with Crippen LogP contribution in [0.3, 0.4) is 0 Å². The van der Waals surface area contributed by atoms with Crippen molar-refractivity contribution in [2.45, 2.75) is 38.3 Å². The van der Waals surface area contributed by atoms with E-state index >= 15 is 0 Å². The molecule has 0 aliphatic carbocycles. The molecule has 2 aromatic heterocycles. The fourth-order valence-corrected chi connectivity index (χ4v) is 2.94. The van der Waals surface area contributed by atoms with Crippen LogP contribution >= 0.6 is 0 Å². The first-order chi connectivity index (χ1) is 10.1. The van der Waals surface area contributed by atoms with Gasteiger partial charge in [-0.3, -0.25) is 13.9 Å². The molecule has 0 saturated carbocycles. The van der Waals surface area contributed by atoms with Gasteiger partial charge in [0.2, 0.25) is 0 Å². The molecule has 1 unspecified atom stereocenters. The van der Waals surface area contributed by atoms with Gasteiger partial charge >= 0.3 is 5.69 Å². The Morgan fingerprint density at radius 1 is 1.38 bits per heavy atom. The van der Waals surface area contributed by atoms with Gasteiger partial charge in [0.1, 0.15) is 0 Å². The first-order valence-electron chi connectivity index (χ1n) is 7.32. The zero-order chi connectivity index (χ0) is 15.0. The van der Waals surface area contributed by atoms with Crippen LogP contribution in [0, 0.1) is 0 Å². The highest BCUT2D eigenvalue weighted by Gasteiger charge is 2.17. The van der Waals surface area contributed by atoms with Gasteiger partial charge in [-0.1, -0.05) is 0 Å². The summed E-state index contributed by atoms with van der Waals surface area (Å²) in [6.45, 7) is 1.25. The minimum absolute atomic E-state index is 0.263. The van der Waals surface area contributed by atoms with Crippen molar-refractivity contribution in [2.24, 2.45) is 14.1 Å². The van der Waals surface area contributed by atoms with Gasteiger partial charge in [-0.25, -0.2) is 9.78 Å². The molecule has 7 nitrogen and oxygen atoms in total. The molecule has 0 bridgehead atoms. The second-order valence-corrected chi connectivity index (χ2v) is 5.60. The number of hydrogen-bond donors (Lipinski definition) is 0. The Balaban J connectivity index is 1.89. The Kier molecular flexibility index (Phi) is 3.67. The second-order valence-electron chi connectivity index (χ2n) is 5.60. The monoisotopic (exact) mass is 292 g/mol. The second kappa shape index (κ2) is 5.48. The van der Waals surface area contributed by atoms with E-state index < -0.39 is 0 Å². The zero-order valence-corrected chi connectivity index (χ0v) is 12.4. The molecule has 0 radical (unpaired) electrons. The van der Waals surface area contributed by atoms with Crippen molar-refractivity contribution in [3.8, 4) is 0 Å². The standard InChI is InChI=1S/C14H20N4O3/c1-16-9-15-12-11(16)13(19)18(14(20)17(12)2)7-3-5-10-6-4-8-21-10/h9-10H,3-8H2,1-2H3. The number of imidazole rings is 1. The molecule has 21 heavy (non-hydrogen) atoms. The van der Waals surface area contributed by atoms with Crippen molar-refractivity contribution >= 4 is 11.2 Å². The van der Waals surface area contributed by atoms with Crippen LogP contribution in [0.15, 0.2) is 15.9 Å². The average molecular weight is 292 g/mol. The maximum atomic E-state index is 12.5. The summed E-state index contributed by atoms with van der Waals surface area (Å²) in [5.41, 5.74) is 0.330. The van der Waals surface area contributed by atoms with Gasteiger partial charge in [-0.05, 0) is 25.7 Å². The molecule has 1 aliphatic rings. The molecule has 7 heteroatoms. The largest absolute Gasteiger partial charge is 0.378 e. The van der Waals surface area contributed by atoms with Gasteiger partial charge in [0.15, 0.2) is 11.2 Å². The van der Waals surface area contributed by atoms with Gasteiger partial charge in [-0.15, -0.1) is 0 Å². The van der Waals surface area contributed by atoms with E-state index in [9.17, 15) is 9.59 Å². The number of rotatable bonds is 4. The van der Waals surface area contributed by atoms with E-state index in [-0.39, 0.29) is 17.4 Å². The smallest absolute Gasteiger partial charge is 0.332 e. The molecule has 0 N–H and O–H groups in total. The molecule has 3 rings (SSSR count). The van der Waals surface area contributed by atoms with Gasteiger partial charge in [-0.2, -0.15) is 0 Å². The minimum Gasteiger partial charge on any atom is -0.378 e. The third-order valence-electron chi connectivity index (χ3n) is 4.13. The lowest BCUT2D eigenvalue weighted by atomic mass is 10.1. The molecular formula is C14H20N4O3. The third-order valence-corrected chi connectivity index (χ3v) is 4.13. The van der Waals surface area contributed by atoms with Gasteiger partial charge in [0, 0.05) is 27.2 Å². The number of fused-ring (bicyclic) bond motifs is 1. The molecule has 0 amide bonds. The van der Waals surface area contributed by atoms with Gasteiger partial charge < -0.3 is 9.30 Å². The normalized spacial score (nSPS) is 18.7. The van der Waals surface area contributed by atoms with Crippen molar-refractivity contribution in [2.75, 3.05) is 6.61 Å². The van der Waals surface area contributed by atoms with Crippen LogP contribution in [-0.4, -0.2) is 31.4 Å². The van der Waals surface area contributed by atoms with E-state index in [2.05, 4.69) is 4.98 Å². The van der Waals surface area contributed by atoms with Crippen molar-refractivity contribution in [3.05, 3.63) is 27.2 Å². The van der Waals surface area contributed by atoms with E-state index in [1.165, 1.54) is 9.13 Å². The van der Waals surface area contributed by atoms with Gasteiger partial charge in [0.25, 0.3) is 5.56 Å². The van der Waals surface area contributed by atoms with Crippen LogP contribution in [0.5, 0.6) is 0 Å². The molecule has 0 aromatic carbocycles. The van der Waals surface area contributed by atoms with Crippen LogP contribution in [0.4, 0.5) is 0 Å². The maximum Gasteiger partial charge on any atom is 0.332 e. The topological polar surface area (TPSA) is 71.1 Å². The predicted molar refractivity (Wildman–Crippen MR) is 78.4 cm³/mol. The molecule has 2 aromatic rings. The molecule has 3 heterocycles. The number of hydrogen-bond acceptors (Lipinski definition) is 4. The Morgan fingerprint density at radius 2 is 2.19 bits per heavy atom. The Bertz CT molecular complexity index is 765. The highest BCUT2D eigenvalue weighted by molar-refractivity contribution is 5.69. The molecular weight excluding hydrogens is 272 g/mol. The highest BCUT2D eigenvalue weighted by atomic mass is 16.5. The van der Waals surface area contributed by atoms with Crippen LogP contribution < -0.4 is 11.2 Å². The first kappa shape index (κ1) is 14.1. The quantitative estimate of drug-likeness (QED) is 0.817. The van der Waals surface area contributed by atoms with E-state index in [1.54, 1.807) is 25.0 Å². The molecule has 1 fully saturated rings. The highest BCUT2D eigenvalue weighted by Crippen LogP contribution is 2.16. The summed E-state index contributed by atoms with van der Waals surface area (Å²) in [6, 6.07) is 0.